The second-order valence-electron chi connectivity index (χ2n) is 5.56. The molecule has 2 heterocycles. The lowest BCUT2D eigenvalue weighted by atomic mass is 10.0. The van der Waals surface area contributed by atoms with Gasteiger partial charge in [0.25, 0.3) is 0 Å². The molecule has 1 aromatic carbocycles. The van der Waals surface area contributed by atoms with Crippen molar-refractivity contribution in [2.45, 2.75) is 19.8 Å². The van der Waals surface area contributed by atoms with E-state index in [0.29, 0.717) is 5.92 Å². The molecule has 0 aliphatic carbocycles. The number of hydrogen-bond donors (Lipinski definition) is 0. The zero-order valence-corrected chi connectivity index (χ0v) is 13.3. The first kappa shape index (κ1) is 14.2. The van der Waals surface area contributed by atoms with Crippen molar-refractivity contribution in [1.82, 2.24) is 4.90 Å². The van der Waals surface area contributed by atoms with Crippen molar-refractivity contribution in [3.8, 4) is 0 Å². The van der Waals surface area contributed by atoms with E-state index in [2.05, 4.69) is 77.9 Å². The average Bonchev–Trinajstić information content (AvgIpc) is 2.53. The highest BCUT2D eigenvalue weighted by Gasteiger charge is 2.18. The fourth-order valence-electron chi connectivity index (χ4n) is 2.40. The first-order chi connectivity index (χ1) is 10.2. The highest BCUT2D eigenvalue weighted by atomic mass is 32.2. The van der Waals surface area contributed by atoms with Gasteiger partial charge >= 0.3 is 0 Å². The Morgan fingerprint density at radius 3 is 2.76 bits per heavy atom. The molecule has 0 aromatic heterocycles. The van der Waals surface area contributed by atoms with E-state index < -0.39 is 0 Å². The molecular weight excluding hydrogens is 276 g/mol. The minimum atomic E-state index is 0.580. The Kier molecular flexibility index (Phi) is 4.30. The first-order valence-corrected chi connectivity index (χ1v) is 8.32. The van der Waals surface area contributed by atoms with Gasteiger partial charge in [-0.25, -0.2) is 0 Å². The quantitative estimate of drug-likeness (QED) is 0.755. The van der Waals surface area contributed by atoms with E-state index in [1.165, 1.54) is 16.7 Å². The van der Waals surface area contributed by atoms with E-state index >= 15 is 0 Å². The number of nitrogens with zero attached hydrogens (tertiary/aromatic N) is 2. The maximum Gasteiger partial charge on any atom is 0.147 e. The molecule has 0 saturated heterocycles. The number of hydrogen-bond acceptors (Lipinski definition) is 3. The molecule has 21 heavy (non-hydrogen) atoms. The Balaban J connectivity index is 1.77. The molecular formula is C18H20N2S. The van der Waals surface area contributed by atoms with Crippen LogP contribution in [0, 0.1) is 0 Å². The minimum Gasteiger partial charge on any atom is -0.331 e. The summed E-state index contributed by atoms with van der Waals surface area (Å²) in [6, 6.07) is 8.78. The van der Waals surface area contributed by atoms with Crippen LogP contribution in [0.3, 0.4) is 0 Å². The molecule has 2 aliphatic heterocycles. The monoisotopic (exact) mass is 296 g/mol. The molecule has 0 amide bonds. The molecule has 0 spiro atoms. The summed E-state index contributed by atoms with van der Waals surface area (Å²) in [4.78, 5) is 2.22. The van der Waals surface area contributed by atoms with Crippen LogP contribution in [-0.2, 0) is 0 Å². The van der Waals surface area contributed by atoms with Crippen LogP contribution in [0.4, 0.5) is 0 Å². The molecule has 3 rings (SSSR count). The summed E-state index contributed by atoms with van der Waals surface area (Å²) < 4.78 is 4.57. The third-order valence-electron chi connectivity index (χ3n) is 3.71. The molecule has 0 atom stereocenters. The third kappa shape index (κ3) is 3.30. The van der Waals surface area contributed by atoms with E-state index in [1.807, 2.05) is 0 Å². The van der Waals surface area contributed by atoms with Crippen LogP contribution in [-0.4, -0.2) is 23.0 Å². The summed E-state index contributed by atoms with van der Waals surface area (Å²) in [6.45, 7) is 5.48. The van der Waals surface area contributed by atoms with Gasteiger partial charge in [0.2, 0.25) is 0 Å². The molecule has 108 valence electrons. The Bertz CT molecular complexity index is 621. The van der Waals surface area contributed by atoms with Gasteiger partial charge < -0.3 is 4.90 Å². The molecule has 0 saturated carbocycles. The van der Waals surface area contributed by atoms with Gasteiger partial charge in [0.1, 0.15) is 5.84 Å². The minimum absolute atomic E-state index is 0.580. The van der Waals surface area contributed by atoms with E-state index in [4.69, 9.17) is 0 Å². The van der Waals surface area contributed by atoms with E-state index in [0.717, 1.165) is 18.1 Å². The number of amidine groups is 1. The smallest absolute Gasteiger partial charge is 0.147 e. The summed E-state index contributed by atoms with van der Waals surface area (Å²) in [5.41, 5.74) is 3.79. The standard InChI is InChI=1S/C18H20N2S/c1-14(2)16-8-5-15(6-9-16)7-10-17-4-3-11-20-12-13-21-19-18(17)20/h3-11,14H,12-13H2,1-2H3. The summed E-state index contributed by atoms with van der Waals surface area (Å²) in [6.07, 6.45) is 10.6. The molecule has 0 unspecified atom stereocenters. The molecule has 2 aliphatic rings. The van der Waals surface area contributed by atoms with Crippen molar-refractivity contribution in [2.24, 2.45) is 4.40 Å². The normalized spacial score (nSPS) is 18.0. The predicted molar refractivity (Wildman–Crippen MR) is 93.4 cm³/mol. The van der Waals surface area contributed by atoms with Crippen LogP contribution < -0.4 is 0 Å². The van der Waals surface area contributed by atoms with Crippen LogP contribution >= 0.6 is 11.9 Å². The predicted octanol–water partition coefficient (Wildman–Crippen LogP) is 4.64. The van der Waals surface area contributed by atoms with Gasteiger partial charge in [-0.2, -0.15) is 4.40 Å². The van der Waals surface area contributed by atoms with Gasteiger partial charge in [-0.05, 0) is 41.1 Å². The highest BCUT2D eigenvalue weighted by Crippen LogP contribution is 2.22. The van der Waals surface area contributed by atoms with Crippen LogP contribution in [0.1, 0.15) is 30.9 Å². The van der Waals surface area contributed by atoms with Gasteiger partial charge in [0.15, 0.2) is 0 Å². The van der Waals surface area contributed by atoms with Gasteiger partial charge in [-0.3, -0.25) is 0 Å². The van der Waals surface area contributed by atoms with Crippen molar-refractivity contribution in [3.05, 3.63) is 65.4 Å². The number of rotatable bonds is 3. The lowest BCUT2D eigenvalue weighted by Gasteiger charge is -2.27. The van der Waals surface area contributed by atoms with Crippen LogP contribution in [0.2, 0.25) is 0 Å². The molecule has 0 bridgehead atoms. The van der Waals surface area contributed by atoms with E-state index in [9.17, 15) is 0 Å². The summed E-state index contributed by atoms with van der Waals surface area (Å²) in [5.74, 6) is 2.71. The second kappa shape index (κ2) is 6.35. The van der Waals surface area contributed by atoms with Crippen molar-refractivity contribution in [2.75, 3.05) is 12.3 Å². The van der Waals surface area contributed by atoms with Crippen LogP contribution in [0.15, 0.2) is 58.7 Å². The highest BCUT2D eigenvalue weighted by molar-refractivity contribution is 7.98. The Hall–Kier alpha value is -1.74. The van der Waals surface area contributed by atoms with Crippen LogP contribution in [0.25, 0.3) is 6.08 Å². The van der Waals surface area contributed by atoms with Gasteiger partial charge in [0.05, 0.1) is 0 Å². The molecule has 3 heteroatoms. The molecule has 1 aromatic rings. The fourth-order valence-corrected chi connectivity index (χ4v) is 3.10. The zero-order chi connectivity index (χ0) is 14.7. The van der Waals surface area contributed by atoms with E-state index in [1.54, 1.807) is 11.9 Å². The zero-order valence-electron chi connectivity index (χ0n) is 12.5. The Labute approximate surface area is 131 Å². The van der Waals surface area contributed by atoms with Gasteiger partial charge in [-0.15, -0.1) is 0 Å². The van der Waals surface area contributed by atoms with Crippen molar-refractivity contribution in [3.63, 3.8) is 0 Å². The lowest BCUT2D eigenvalue weighted by Crippen LogP contribution is -2.32. The molecule has 2 nitrogen and oxygen atoms in total. The lowest BCUT2D eigenvalue weighted by molar-refractivity contribution is 0.589. The molecule has 0 radical (unpaired) electrons. The van der Waals surface area contributed by atoms with Crippen molar-refractivity contribution in [1.29, 1.82) is 0 Å². The summed E-state index contributed by atoms with van der Waals surface area (Å²) in [5, 5.41) is 0. The molecule has 0 N–H and O–H groups in total. The molecule has 0 fully saturated rings. The van der Waals surface area contributed by atoms with Crippen molar-refractivity contribution < 1.29 is 0 Å². The Morgan fingerprint density at radius 1 is 1.19 bits per heavy atom. The maximum absolute atomic E-state index is 4.57. The fraction of sp³-hybridized carbons (Fsp3) is 0.278. The van der Waals surface area contributed by atoms with Gasteiger partial charge in [0, 0.05) is 24.1 Å². The Morgan fingerprint density at radius 2 is 2.00 bits per heavy atom. The number of allylic oxidation sites excluding steroid dienone is 2. The maximum atomic E-state index is 4.57. The van der Waals surface area contributed by atoms with E-state index in [-0.39, 0.29) is 0 Å². The summed E-state index contributed by atoms with van der Waals surface area (Å²) >= 11 is 1.65. The third-order valence-corrected chi connectivity index (χ3v) is 4.37. The SMILES string of the molecule is CC(C)c1ccc(C=CC2=CC=CN3CCSN=C23)cc1. The first-order valence-electron chi connectivity index (χ1n) is 7.37. The largest absolute Gasteiger partial charge is 0.331 e. The van der Waals surface area contributed by atoms with Crippen molar-refractivity contribution >= 4 is 23.9 Å². The topological polar surface area (TPSA) is 15.6 Å². The average molecular weight is 296 g/mol. The van der Waals surface area contributed by atoms with Gasteiger partial charge in [-0.1, -0.05) is 50.3 Å². The summed E-state index contributed by atoms with van der Waals surface area (Å²) in [7, 11) is 0. The number of fused-ring (bicyclic) bond motifs is 1. The van der Waals surface area contributed by atoms with Crippen LogP contribution in [0.5, 0.6) is 0 Å². The number of benzene rings is 1. The second-order valence-corrected chi connectivity index (χ2v) is 6.41.